The first kappa shape index (κ1) is 61.3. The van der Waals surface area contributed by atoms with Crippen molar-refractivity contribution in [3.63, 3.8) is 0 Å². The summed E-state index contributed by atoms with van der Waals surface area (Å²) in [6.45, 7) is 45.4. The fraction of sp³-hybridized carbons (Fsp3) is 0.577. The van der Waals surface area contributed by atoms with Gasteiger partial charge in [-0.25, -0.2) is 0 Å². The van der Waals surface area contributed by atoms with Gasteiger partial charge < -0.3 is 27.7 Å². The quantitative estimate of drug-likeness (QED) is 0.122. The summed E-state index contributed by atoms with van der Waals surface area (Å²) < 4.78 is 0. The number of rotatable bonds is 8. The Bertz CT molecular complexity index is 1290. The summed E-state index contributed by atoms with van der Waals surface area (Å²) in [6, 6.07) is 21.7. The molecule has 4 radical (unpaired) electrons. The van der Waals surface area contributed by atoms with Gasteiger partial charge in [0.15, 0.2) is 0 Å². The minimum absolute atomic E-state index is 0. The molecule has 1 aliphatic heterocycles. The van der Waals surface area contributed by atoms with Crippen molar-refractivity contribution in [2.45, 2.75) is 197 Å². The smallest absolute Gasteiger partial charge is 0.343 e. The minimum Gasteiger partial charge on any atom is -0.343 e. The molecule has 0 bridgehead atoms. The minimum atomic E-state index is 0. The van der Waals surface area contributed by atoms with Gasteiger partial charge in [-0.3, -0.25) is 0 Å². The summed E-state index contributed by atoms with van der Waals surface area (Å²) in [5.74, 6) is 2.42. The first-order chi connectivity index (χ1) is 25.1. The second-order valence-corrected chi connectivity index (χ2v) is 17.3. The SMILES string of the molecule is C1CC[Si]C1.Cc1cc2c(C(C)C)cc(C(C)C)cc2[cH-]1.Cc1cc2c(C(C)C)cc(C(C)C)cc2[cH-]1.[CH2-]CCC.[CH2-]CCC.[CH2-]CCC.[CH2-]CCC.[Zr+3].[Zr+3]. The van der Waals surface area contributed by atoms with E-state index in [-0.39, 0.29) is 52.4 Å². The molecule has 1 aliphatic rings. The third-order valence-electron chi connectivity index (χ3n) is 8.99. The maximum absolute atomic E-state index is 3.60. The summed E-state index contributed by atoms with van der Waals surface area (Å²) in [7, 11) is 1.31. The summed E-state index contributed by atoms with van der Waals surface area (Å²) in [5, 5.41) is 5.70. The van der Waals surface area contributed by atoms with E-state index in [4.69, 9.17) is 0 Å². The molecule has 0 nitrogen and oxygen atoms in total. The van der Waals surface area contributed by atoms with E-state index in [9.17, 15) is 0 Å². The topological polar surface area (TPSA) is 0 Å². The zero-order chi connectivity index (χ0) is 40.9. The Morgan fingerprint density at radius 2 is 0.764 bits per heavy atom. The van der Waals surface area contributed by atoms with E-state index in [1.165, 1.54) is 115 Å². The van der Waals surface area contributed by atoms with Crippen LogP contribution in [0.4, 0.5) is 0 Å². The number of hydrogen-bond donors (Lipinski definition) is 0. The Hall–Kier alpha value is -0.357. The van der Waals surface area contributed by atoms with E-state index in [1.54, 1.807) is 0 Å². The molecule has 0 atom stereocenters. The Balaban J connectivity index is -0.000000308. The van der Waals surface area contributed by atoms with Gasteiger partial charge in [-0.1, -0.05) is 182 Å². The van der Waals surface area contributed by atoms with Gasteiger partial charge in [0, 0.05) is 9.52 Å². The van der Waals surface area contributed by atoms with Crippen LogP contribution in [-0.4, -0.2) is 9.52 Å². The van der Waals surface area contributed by atoms with E-state index >= 15 is 0 Å². The molecule has 4 aromatic carbocycles. The van der Waals surface area contributed by atoms with Crippen molar-refractivity contribution in [3.8, 4) is 0 Å². The van der Waals surface area contributed by atoms with Crippen molar-refractivity contribution >= 4 is 31.1 Å². The fourth-order valence-corrected chi connectivity index (χ4v) is 6.54. The van der Waals surface area contributed by atoms with Crippen LogP contribution in [0.5, 0.6) is 0 Å². The second-order valence-electron chi connectivity index (χ2n) is 15.8. The molecule has 3 heteroatoms. The zero-order valence-corrected chi connectivity index (χ0v) is 44.7. The number of unbranched alkanes of at least 4 members (excludes halogenated alkanes) is 4. The van der Waals surface area contributed by atoms with Crippen LogP contribution in [0.2, 0.25) is 12.1 Å². The molecule has 0 amide bonds. The molecule has 0 aromatic heterocycles. The molecule has 0 unspecified atom stereocenters. The molecule has 1 heterocycles. The van der Waals surface area contributed by atoms with Crippen LogP contribution in [0, 0.1) is 41.5 Å². The zero-order valence-electron chi connectivity index (χ0n) is 38.7. The molecular weight excluding hydrogens is 835 g/mol. The van der Waals surface area contributed by atoms with Crippen molar-refractivity contribution in [1.29, 1.82) is 0 Å². The average molecular weight is 922 g/mol. The first-order valence-corrected chi connectivity index (χ1v) is 22.8. The summed E-state index contributed by atoms with van der Waals surface area (Å²) in [5.41, 5.74) is 8.66. The molecule has 0 N–H and O–H groups in total. The van der Waals surface area contributed by atoms with Gasteiger partial charge in [-0.15, -0.1) is 56.9 Å². The predicted octanol–water partition coefficient (Wildman–Crippen LogP) is 18.0. The Labute approximate surface area is 386 Å². The second kappa shape index (κ2) is 37.9. The van der Waals surface area contributed by atoms with Crippen LogP contribution in [0.3, 0.4) is 0 Å². The average Bonchev–Trinajstić information content (AvgIpc) is 3.92. The van der Waals surface area contributed by atoms with Gasteiger partial charge in [0.05, 0.1) is 0 Å². The van der Waals surface area contributed by atoms with Crippen molar-refractivity contribution in [2.24, 2.45) is 0 Å². The Morgan fingerprint density at radius 3 is 0.945 bits per heavy atom. The van der Waals surface area contributed by atoms with E-state index in [1.807, 2.05) is 0 Å². The van der Waals surface area contributed by atoms with E-state index in [2.05, 4.69) is 173 Å². The Kier molecular flexibility index (Phi) is 42.2. The number of aryl methyl sites for hydroxylation is 2. The van der Waals surface area contributed by atoms with Crippen molar-refractivity contribution in [2.75, 3.05) is 0 Å². The molecule has 55 heavy (non-hydrogen) atoms. The number of benzene rings is 2. The summed E-state index contributed by atoms with van der Waals surface area (Å²) >= 11 is 0. The van der Waals surface area contributed by atoms with E-state index in [0.29, 0.717) is 23.7 Å². The van der Waals surface area contributed by atoms with E-state index in [0.717, 1.165) is 25.7 Å². The Morgan fingerprint density at radius 1 is 0.491 bits per heavy atom. The molecule has 0 aliphatic carbocycles. The predicted molar refractivity (Wildman–Crippen MR) is 251 cm³/mol. The molecule has 1 saturated heterocycles. The third-order valence-corrected chi connectivity index (χ3v) is 10.4. The van der Waals surface area contributed by atoms with Crippen LogP contribution in [-0.2, 0) is 52.4 Å². The standard InChI is InChI=1S/2C16H21.C4H8Si.4C4H9.2Zr/c2*1-10(2)13-8-14-6-12(5)7-16(14)15(9-13)11(3)4;1-2-4-5-3-1;4*1-3-4-2;;/h2*6-11H,1-5H3;1-4H2;4*1,3-4H2,2H3;;/q2*-1;;4*-1;2*+3. The van der Waals surface area contributed by atoms with Gasteiger partial charge in [0.2, 0.25) is 0 Å². The number of fused-ring (bicyclic) bond motifs is 2. The van der Waals surface area contributed by atoms with Gasteiger partial charge in [-0.2, -0.15) is 37.8 Å². The normalized spacial score (nSPS) is 11.3. The molecule has 0 spiro atoms. The van der Waals surface area contributed by atoms with Gasteiger partial charge >= 0.3 is 52.4 Å². The first-order valence-electron chi connectivity index (χ1n) is 21.4. The van der Waals surface area contributed by atoms with Crippen molar-refractivity contribution in [1.82, 2.24) is 0 Å². The van der Waals surface area contributed by atoms with Crippen LogP contribution >= 0.6 is 0 Å². The van der Waals surface area contributed by atoms with Crippen LogP contribution in [0.15, 0.2) is 48.5 Å². The third kappa shape index (κ3) is 27.1. The van der Waals surface area contributed by atoms with Crippen LogP contribution < -0.4 is 0 Å². The van der Waals surface area contributed by atoms with Gasteiger partial charge in [0.25, 0.3) is 0 Å². The molecule has 0 saturated carbocycles. The van der Waals surface area contributed by atoms with Crippen molar-refractivity contribution < 1.29 is 52.4 Å². The van der Waals surface area contributed by atoms with E-state index < -0.39 is 0 Å². The fourth-order valence-electron chi connectivity index (χ4n) is 5.29. The largest absolute Gasteiger partial charge is 3.00 e. The maximum Gasteiger partial charge on any atom is 3.00 e. The van der Waals surface area contributed by atoms with Crippen LogP contribution in [0.1, 0.15) is 204 Å². The van der Waals surface area contributed by atoms with Crippen LogP contribution in [0.25, 0.3) is 21.5 Å². The summed E-state index contributed by atoms with van der Waals surface area (Å²) in [6.07, 6.45) is 12.1. The molecule has 1 fully saturated rings. The van der Waals surface area contributed by atoms with Crippen molar-refractivity contribution in [3.05, 3.63) is 110 Å². The maximum atomic E-state index is 3.60. The van der Waals surface area contributed by atoms with Gasteiger partial charge in [-0.05, 0) is 23.7 Å². The molecule has 4 aromatic rings. The molecule has 306 valence electrons. The monoisotopic (exact) mass is 918 g/mol. The number of hydrogen-bond acceptors (Lipinski definition) is 0. The molecular formula is C52H86SiZr2. The summed E-state index contributed by atoms with van der Waals surface area (Å²) in [4.78, 5) is 0. The molecule has 5 rings (SSSR count). The van der Waals surface area contributed by atoms with Gasteiger partial charge in [0.1, 0.15) is 0 Å².